The maximum Gasteiger partial charge on any atom is 0.253 e. The van der Waals surface area contributed by atoms with Crippen molar-refractivity contribution in [3.63, 3.8) is 0 Å². The van der Waals surface area contributed by atoms with E-state index in [9.17, 15) is 4.79 Å². The van der Waals surface area contributed by atoms with Gasteiger partial charge in [-0.05, 0) is 26.2 Å². The molecule has 2 aromatic carbocycles. The van der Waals surface area contributed by atoms with E-state index in [0.717, 1.165) is 28.4 Å². The maximum absolute atomic E-state index is 12.4. The molecule has 0 aliphatic rings. The van der Waals surface area contributed by atoms with Gasteiger partial charge in [-0.2, -0.15) is 0 Å². The number of nitrogens with zero attached hydrogens (tertiary/aromatic N) is 1. The van der Waals surface area contributed by atoms with Gasteiger partial charge < -0.3 is 15.2 Å². The van der Waals surface area contributed by atoms with Crippen LogP contribution in [-0.2, 0) is 0 Å². The van der Waals surface area contributed by atoms with E-state index in [0.29, 0.717) is 12.1 Å². The van der Waals surface area contributed by atoms with Gasteiger partial charge in [-0.25, -0.2) is 0 Å². The predicted molar refractivity (Wildman–Crippen MR) is 86.7 cm³/mol. The number of hydrogen-bond donors (Lipinski definition) is 2. The molecule has 108 valence electrons. The average Bonchev–Trinajstić information content (AvgIpc) is 2.85. The van der Waals surface area contributed by atoms with Crippen molar-refractivity contribution in [2.75, 3.05) is 27.2 Å². The van der Waals surface area contributed by atoms with Gasteiger partial charge >= 0.3 is 0 Å². The van der Waals surface area contributed by atoms with Gasteiger partial charge in [0, 0.05) is 29.4 Å². The number of nitrogens with one attached hydrogen (secondary N) is 2. The normalized spacial score (nSPS) is 11.4. The van der Waals surface area contributed by atoms with Gasteiger partial charge in [-0.1, -0.05) is 30.3 Å². The van der Waals surface area contributed by atoms with Crippen LogP contribution in [0, 0.1) is 0 Å². The molecule has 0 aliphatic heterocycles. The van der Waals surface area contributed by atoms with E-state index >= 15 is 0 Å². The minimum absolute atomic E-state index is 0.0333. The zero-order valence-corrected chi connectivity index (χ0v) is 12.3. The number of hydrogen-bond acceptors (Lipinski definition) is 2. The zero-order valence-electron chi connectivity index (χ0n) is 12.3. The van der Waals surface area contributed by atoms with Gasteiger partial charge in [-0.15, -0.1) is 0 Å². The highest BCUT2D eigenvalue weighted by Crippen LogP contribution is 2.27. The van der Waals surface area contributed by atoms with Crippen LogP contribution >= 0.6 is 0 Å². The number of fused-ring (bicyclic) bond motifs is 3. The smallest absolute Gasteiger partial charge is 0.253 e. The molecule has 0 fully saturated rings. The molecule has 3 rings (SSSR count). The van der Waals surface area contributed by atoms with Crippen molar-refractivity contribution >= 4 is 27.7 Å². The van der Waals surface area contributed by atoms with Crippen LogP contribution in [0.3, 0.4) is 0 Å². The van der Waals surface area contributed by atoms with E-state index in [1.807, 2.05) is 55.4 Å². The Hall–Kier alpha value is -2.33. The Morgan fingerprint density at radius 3 is 2.67 bits per heavy atom. The summed E-state index contributed by atoms with van der Waals surface area (Å²) < 4.78 is 0. The Kier molecular flexibility index (Phi) is 3.62. The molecular weight excluding hydrogens is 262 g/mol. The fourth-order valence-electron chi connectivity index (χ4n) is 2.55. The van der Waals surface area contributed by atoms with Gasteiger partial charge in [0.05, 0.1) is 11.1 Å². The van der Waals surface area contributed by atoms with Gasteiger partial charge in [0.2, 0.25) is 0 Å². The van der Waals surface area contributed by atoms with Crippen molar-refractivity contribution < 1.29 is 4.79 Å². The number of aromatic nitrogens is 1. The van der Waals surface area contributed by atoms with Gasteiger partial charge in [0.25, 0.3) is 5.91 Å². The molecule has 0 saturated heterocycles. The number of likely N-dealkylation sites (N-methyl/N-ethyl adjacent to an activating group) is 1. The summed E-state index contributed by atoms with van der Waals surface area (Å²) in [5.41, 5.74) is 2.66. The van der Waals surface area contributed by atoms with Gasteiger partial charge in [0.15, 0.2) is 0 Å². The fraction of sp³-hybridized carbons (Fsp3) is 0.235. The van der Waals surface area contributed by atoms with Crippen LogP contribution < -0.4 is 5.32 Å². The highest BCUT2D eigenvalue weighted by atomic mass is 16.1. The number of carbonyl (C=O) groups excluding carboxylic acids is 1. The van der Waals surface area contributed by atoms with Crippen LogP contribution in [0.25, 0.3) is 21.8 Å². The third-order valence-corrected chi connectivity index (χ3v) is 3.63. The highest BCUT2D eigenvalue weighted by molar-refractivity contribution is 6.14. The van der Waals surface area contributed by atoms with E-state index in [-0.39, 0.29) is 5.91 Å². The molecule has 0 unspecified atom stereocenters. The van der Waals surface area contributed by atoms with Crippen LogP contribution in [-0.4, -0.2) is 43.0 Å². The molecule has 4 nitrogen and oxygen atoms in total. The molecular formula is C17H19N3O. The Labute approximate surface area is 123 Å². The van der Waals surface area contributed by atoms with Crippen LogP contribution in [0.15, 0.2) is 42.5 Å². The first-order chi connectivity index (χ1) is 10.2. The van der Waals surface area contributed by atoms with Crippen molar-refractivity contribution in [3.05, 3.63) is 48.0 Å². The molecule has 21 heavy (non-hydrogen) atoms. The summed E-state index contributed by atoms with van der Waals surface area (Å²) in [6.45, 7) is 1.47. The lowest BCUT2D eigenvalue weighted by Crippen LogP contribution is -2.31. The lowest BCUT2D eigenvalue weighted by atomic mass is 10.1. The Morgan fingerprint density at radius 2 is 1.86 bits per heavy atom. The number of aromatic amines is 1. The van der Waals surface area contributed by atoms with E-state index in [4.69, 9.17) is 0 Å². The topological polar surface area (TPSA) is 48.1 Å². The molecule has 0 spiro atoms. The second-order valence-electron chi connectivity index (χ2n) is 5.46. The second-order valence-corrected chi connectivity index (χ2v) is 5.46. The fourth-order valence-corrected chi connectivity index (χ4v) is 2.55. The molecule has 0 radical (unpaired) electrons. The van der Waals surface area contributed by atoms with Crippen LogP contribution in [0.1, 0.15) is 10.4 Å². The Bertz CT molecular complexity index is 789. The lowest BCUT2D eigenvalue weighted by molar-refractivity contribution is 0.0952. The molecule has 1 aromatic heterocycles. The number of carbonyl (C=O) groups is 1. The molecule has 4 heteroatoms. The lowest BCUT2D eigenvalue weighted by Gasteiger charge is -2.10. The first-order valence-corrected chi connectivity index (χ1v) is 7.09. The largest absolute Gasteiger partial charge is 0.354 e. The van der Waals surface area contributed by atoms with E-state index in [2.05, 4.69) is 16.4 Å². The first kappa shape index (κ1) is 13.6. The Balaban J connectivity index is 1.97. The van der Waals surface area contributed by atoms with Crippen molar-refractivity contribution in [2.45, 2.75) is 0 Å². The van der Waals surface area contributed by atoms with Crippen molar-refractivity contribution in [3.8, 4) is 0 Å². The quantitative estimate of drug-likeness (QED) is 0.772. The monoisotopic (exact) mass is 281 g/mol. The number of rotatable bonds is 4. The zero-order chi connectivity index (χ0) is 14.8. The molecule has 0 atom stereocenters. The van der Waals surface area contributed by atoms with Crippen molar-refractivity contribution in [1.82, 2.24) is 15.2 Å². The summed E-state index contributed by atoms with van der Waals surface area (Å²) in [7, 11) is 3.98. The number of para-hydroxylation sites is 2. The predicted octanol–water partition coefficient (Wildman–Crippen LogP) is 2.61. The van der Waals surface area contributed by atoms with Crippen LogP contribution in [0.4, 0.5) is 0 Å². The third-order valence-electron chi connectivity index (χ3n) is 3.63. The van der Waals surface area contributed by atoms with E-state index in [1.165, 1.54) is 0 Å². The number of H-pyrrole nitrogens is 1. The second kappa shape index (κ2) is 5.58. The van der Waals surface area contributed by atoms with Crippen molar-refractivity contribution in [2.24, 2.45) is 0 Å². The Morgan fingerprint density at radius 1 is 1.10 bits per heavy atom. The minimum Gasteiger partial charge on any atom is -0.354 e. The summed E-state index contributed by atoms with van der Waals surface area (Å²) >= 11 is 0. The van der Waals surface area contributed by atoms with Crippen LogP contribution in [0.2, 0.25) is 0 Å². The molecule has 1 heterocycles. The number of amides is 1. The van der Waals surface area contributed by atoms with E-state index in [1.54, 1.807) is 0 Å². The summed E-state index contributed by atoms with van der Waals surface area (Å²) in [6, 6.07) is 14.0. The molecule has 0 saturated carbocycles. The molecule has 0 bridgehead atoms. The summed E-state index contributed by atoms with van der Waals surface area (Å²) in [4.78, 5) is 17.8. The first-order valence-electron chi connectivity index (χ1n) is 7.09. The third kappa shape index (κ3) is 2.62. The molecule has 0 aliphatic carbocycles. The highest BCUT2D eigenvalue weighted by Gasteiger charge is 2.12. The number of benzene rings is 2. The molecule has 2 N–H and O–H groups in total. The summed E-state index contributed by atoms with van der Waals surface area (Å²) in [6.07, 6.45) is 0. The van der Waals surface area contributed by atoms with Gasteiger partial charge in [0.1, 0.15) is 0 Å². The summed E-state index contributed by atoms with van der Waals surface area (Å²) in [5.74, 6) is -0.0333. The minimum atomic E-state index is -0.0333. The van der Waals surface area contributed by atoms with Crippen LogP contribution in [0.5, 0.6) is 0 Å². The van der Waals surface area contributed by atoms with E-state index < -0.39 is 0 Å². The van der Waals surface area contributed by atoms with Crippen molar-refractivity contribution in [1.29, 1.82) is 0 Å². The average molecular weight is 281 g/mol. The standard InChI is InChI=1S/C17H19N3O/c1-20(2)11-10-18-17(21)14-8-5-7-13-12-6-3-4-9-15(12)19-16(13)14/h3-9,19H,10-11H2,1-2H3,(H,18,21). The summed E-state index contributed by atoms with van der Waals surface area (Å²) in [5, 5.41) is 5.20. The molecule has 3 aromatic rings. The molecule has 1 amide bonds. The maximum atomic E-state index is 12.4. The SMILES string of the molecule is CN(C)CCNC(=O)c1cccc2c1[nH]c1ccccc12. The van der Waals surface area contributed by atoms with Gasteiger partial charge in [-0.3, -0.25) is 4.79 Å².